The monoisotopic (exact) mass is 185 g/mol. The van der Waals surface area contributed by atoms with Gasteiger partial charge in [-0.15, -0.1) is 0 Å². The van der Waals surface area contributed by atoms with Crippen molar-refractivity contribution in [2.45, 2.75) is 6.54 Å². The fourth-order valence-electron chi connectivity index (χ4n) is 0.874. The Morgan fingerprint density at radius 3 is 3.08 bits per heavy atom. The third-order valence-corrected chi connectivity index (χ3v) is 1.43. The van der Waals surface area contributed by atoms with Crippen molar-refractivity contribution in [3.05, 3.63) is 6.20 Å². The smallest absolute Gasteiger partial charge is 0.145 e. The van der Waals surface area contributed by atoms with Crippen LogP contribution in [0.25, 0.3) is 0 Å². The number of anilines is 2. The minimum absolute atomic E-state index is 0.114. The van der Waals surface area contributed by atoms with Gasteiger partial charge in [0, 0.05) is 0 Å². The maximum Gasteiger partial charge on any atom is 0.145 e. The predicted octanol–water partition coefficient (Wildman–Crippen LogP) is -1.79. The third kappa shape index (κ3) is 2.09. The first-order chi connectivity index (χ1) is 6.15. The summed E-state index contributed by atoms with van der Waals surface area (Å²) < 4.78 is 1.28. The molecule has 72 valence electrons. The summed E-state index contributed by atoms with van der Waals surface area (Å²) in [7, 11) is 0. The Labute approximate surface area is 73.8 Å². The standard InChI is InChI=1S/C6H10N4O3/c7-5-4(9-6(12)13)3-8-10(5)1-2-11/h3,9,11H,1-2,7H2,(H,12,13)/p-1. The molecular formula is C6H9N4O3-. The van der Waals surface area contributed by atoms with E-state index in [9.17, 15) is 9.90 Å². The van der Waals surface area contributed by atoms with Crippen LogP contribution in [0.4, 0.5) is 16.3 Å². The molecule has 1 rings (SSSR count). The summed E-state index contributed by atoms with van der Waals surface area (Å²) in [5.74, 6) is 0.151. The van der Waals surface area contributed by atoms with Crippen molar-refractivity contribution in [2.75, 3.05) is 17.7 Å². The van der Waals surface area contributed by atoms with Crippen molar-refractivity contribution >= 4 is 17.6 Å². The molecule has 0 radical (unpaired) electrons. The molecule has 1 aromatic rings. The summed E-state index contributed by atoms with van der Waals surface area (Å²) in [6, 6.07) is 0. The van der Waals surface area contributed by atoms with Crippen LogP contribution in [0.1, 0.15) is 0 Å². The summed E-state index contributed by atoms with van der Waals surface area (Å²) in [6.07, 6.45) is -0.198. The second-order valence-corrected chi connectivity index (χ2v) is 2.30. The molecular weight excluding hydrogens is 176 g/mol. The number of carboxylic acid groups (broad SMARTS) is 1. The molecule has 13 heavy (non-hydrogen) atoms. The van der Waals surface area contributed by atoms with Gasteiger partial charge in [-0.1, -0.05) is 0 Å². The lowest BCUT2D eigenvalue weighted by Gasteiger charge is -2.05. The molecule has 1 heterocycles. The summed E-state index contributed by atoms with van der Waals surface area (Å²) >= 11 is 0. The molecule has 0 bridgehead atoms. The molecule has 0 spiro atoms. The summed E-state index contributed by atoms with van der Waals surface area (Å²) in [6.45, 7) is 0.108. The van der Waals surface area contributed by atoms with Crippen LogP contribution in [-0.4, -0.2) is 27.6 Å². The van der Waals surface area contributed by atoms with E-state index in [2.05, 4.69) is 5.10 Å². The van der Waals surface area contributed by atoms with Crippen LogP contribution in [0.15, 0.2) is 6.20 Å². The Balaban J connectivity index is 2.79. The molecule has 0 aliphatic heterocycles. The van der Waals surface area contributed by atoms with E-state index in [0.717, 1.165) is 0 Å². The van der Waals surface area contributed by atoms with Crippen LogP contribution in [0.5, 0.6) is 0 Å². The minimum Gasteiger partial charge on any atom is -0.530 e. The van der Waals surface area contributed by atoms with Crippen LogP contribution in [0.3, 0.4) is 0 Å². The molecule has 0 aromatic carbocycles. The van der Waals surface area contributed by atoms with Gasteiger partial charge >= 0.3 is 0 Å². The van der Waals surface area contributed by atoms with Crippen LogP contribution < -0.4 is 16.2 Å². The third-order valence-electron chi connectivity index (χ3n) is 1.43. The highest BCUT2D eigenvalue weighted by Gasteiger charge is 2.05. The van der Waals surface area contributed by atoms with Crippen LogP contribution >= 0.6 is 0 Å². The minimum atomic E-state index is -1.45. The quantitative estimate of drug-likeness (QED) is 0.514. The number of hydrogen-bond donors (Lipinski definition) is 3. The Hall–Kier alpha value is -1.76. The van der Waals surface area contributed by atoms with Crippen LogP contribution in [0.2, 0.25) is 0 Å². The van der Waals surface area contributed by atoms with Gasteiger partial charge in [-0.25, -0.2) is 4.68 Å². The number of nitrogens with zero attached hydrogens (tertiary/aromatic N) is 2. The maximum absolute atomic E-state index is 10.1. The number of nitrogens with two attached hydrogens (primary N) is 1. The van der Waals surface area contributed by atoms with Gasteiger partial charge in [0.2, 0.25) is 0 Å². The number of nitrogen functional groups attached to an aromatic ring is 1. The first kappa shape index (κ1) is 9.33. The van der Waals surface area contributed by atoms with E-state index in [1.165, 1.54) is 10.9 Å². The van der Waals surface area contributed by atoms with Gasteiger partial charge in [-0.3, -0.25) is 0 Å². The first-order valence-corrected chi connectivity index (χ1v) is 3.55. The van der Waals surface area contributed by atoms with Crippen molar-refractivity contribution in [1.82, 2.24) is 9.78 Å². The number of hydrogen-bond acceptors (Lipinski definition) is 5. The molecule has 4 N–H and O–H groups in total. The van der Waals surface area contributed by atoms with Gasteiger partial charge in [-0.2, -0.15) is 5.10 Å². The molecule has 1 amide bonds. The second kappa shape index (κ2) is 3.76. The lowest BCUT2D eigenvalue weighted by molar-refractivity contribution is -0.242. The Morgan fingerprint density at radius 1 is 1.85 bits per heavy atom. The molecule has 1 aromatic heterocycles. The van der Waals surface area contributed by atoms with Gasteiger partial charge in [0.15, 0.2) is 0 Å². The van der Waals surface area contributed by atoms with Gasteiger partial charge in [-0.05, 0) is 0 Å². The lowest BCUT2D eigenvalue weighted by atomic mass is 10.5. The zero-order valence-corrected chi connectivity index (χ0v) is 6.73. The molecule has 0 aliphatic rings. The Morgan fingerprint density at radius 2 is 2.54 bits per heavy atom. The molecule has 0 fully saturated rings. The SMILES string of the molecule is Nc1c(NC(=O)[O-])cnn1CCO. The Kier molecular flexibility index (Phi) is 2.70. The van der Waals surface area contributed by atoms with E-state index in [-0.39, 0.29) is 24.7 Å². The average molecular weight is 185 g/mol. The topological polar surface area (TPSA) is 116 Å². The summed E-state index contributed by atoms with van der Waals surface area (Å²) in [5.41, 5.74) is 5.63. The maximum atomic E-state index is 10.1. The van der Waals surface area contributed by atoms with E-state index in [0.29, 0.717) is 0 Å². The van der Waals surface area contributed by atoms with Crippen molar-refractivity contribution in [3.8, 4) is 0 Å². The highest BCUT2D eigenvalue weighted by molar-refractivity contribution is 5.84. The van der Waals surface area contributed by atoms with E-state index in [1.54, 1.807) is 0 Å². The Bertz CT molecular complexity index is 309. The largest absolute Gasteiger partial charge is 0.530 e. The molecule has 7 nitrogen and oxygen atoms in total. The van der Waals surface area contributed by atoms with Gasteiger partial charge < -0.3 is 26.1 Å². The fourth-order valence-corrected chi connectivity index (χ4v) is 0.874. The highest BCUT2D eigenvalue weighted by Crippen LogP contribution is 2.16. The van der Waals surface area contributed by atoms with Crippen molar-refractivity contribution in [1.29, 1.82) is 0 Å². The fraction of sp³-hybridized carbons (Fsp3) is 0.333. The van der Waals surface area contributed by atoms with E-state index in [4.69, 9.17) is 10.8 Å². The number of rotatable bonds is 3. The zero-order chi connectivity index (χ0) is 9.84. The van der Waals surface area contributed by atoms with Crippen molar-refractivity contribution in [3.63, 3.8) is 0 Å². The number of nitrogens with one attached hydrogen (secondary N) is 1. The molecule has 0 atom stereocenters. The molecule has 7 heteroatoms. The van der Waals surface area contributed by atoms with Crippen LogP contribution in [0, 0.1) is 0 Å². The van der Waals surface area contributed by atoms with E-state index >= 15 is 0 Å². The van der Waals surface area contributed by atoms with Crippen molar-refractivity contribution in [2.24, 2.45) is 0 Å². The number of aromatic nitrogens is 2. The number of carbonyl (C=O) groups excluding carboxylic acids is 1. The van der Waals surface area contributed by atoms with Gasteiger partial charge in [0.05, 0.1) is 19.3 Å². The van der Waals surface area contributed by atoms with Gasteiger partial charge in [0.1, 0.15) is 17.6 Å². The highest BCUT2D eigenvalue weighted by atomic mass is 16.4. The number of aliphatic hydroxyl groups excluding tert-OH is 1. The second-order valence-electron chi connectivity index (χ2n) is 2.30. The van der Waals surface area contributed by atoms with E-state index in [1.807, 2.05) is 5.32 Å². The number of amides is 1. The van der Waals surface area contributed by atoms with Crippen LogP contribution in [-0.2, 0) is 6.54 Å². The number of aliphatic hydroxyl groups is 1. The van der Waals surface area contributed by atoms with E-state index < -0.39 is 6.09 Å². The normalized spacial score (nSPS) is 9.92. The predicted molar refractivity (Wildman–Crippen MR) is 42.7 cm³/mol. The average Bonchev–Trinajstić information content (AvgIpc) is 2.36. The number of carbonyl (C=O) groups is 1. The lowest BCUT2D eigenvalue weighted by Crippen LogP contribution is -2.29. The molecule has 0 saturated heterocycles. The molecule has 0 unspecified atom stereocenters. The zero-order valence-electron chi connectivity index (χ0n) is 6.73. The summed E-state index contributed by atoms with van der Waals surface area (Å²) in [5, 5.41) is 24.4. The molecule has 0 saturated carbocycles. The molecule has 0 aliphatic carbocycles. The first-order valence-electron chi connectivity index (χ1n) is 3.55. The van der Waals surface area contributed by atoms with Gasteiger partial charge in [0.25, 0.3) is 0 Å². The van der Waals surface area contributed by atoms with Crippen molar-refractivity contribution < 1.29 is 15.0 Å². The summed E-state index contributed by atoms with van der Waals surface area (Å²) in [4.78, 5) is 10.1.